The highest BCUT2D eigenvalue weighted by Gasteiger charge is 2.52. The molecule has 0 saturated carbocycles. The Bertz CT molecular complexity index is 208. The van der Waals surface area contributed by atoms with Gasteiger partial charge in [-0.25, -0.2) is 0 Å². The Balaban J connectivity index is 2.97. The molecule has 76 valence electrons. The van der Waals surface area contributed by atoms with E-state index in [2.05, 4.69) is 5.32 Å². The SMILES string of the molecule is COC(C)(C)[C@]1(C(N)=O)CCCN1. The maximum Gasteiger partial charge on any atom is 0.240 e. The van der Waals surface area contributed by atoms with Crippen LogP contribution in [0.25, 0.3) is 0 Å². The van der Waals surface area contributed by atoms with Crippen molar-refractivity contribution in [1.29, 1.82) is 0 Å². The molecule has 0 bridgehead atoms. The van der Waals surface area contributed by atoms with Crippen molar-refractivity contribution < 1.29 is 9.53 Å². The molecular formula is C9H18N2O2. The van der Waals surface area contributed by atoms with Gasteiger partial charge in [-0.05, 0) is 33.2 Å². The Morgan fingerprint density at radius 2 is 2.23 bits per heavy atom. The first-order valence-corrected chi connectivity index (χ1v) is 4.56. The van der Waals surface area contributed by atoms with E-state index in [0.29, 0.717) is 0 Å². The monoisotopic (exact) mass is 186 g/mol. The third-order valence-electron chi connectivity index (χ3n) is 3.11. The molecule has 1 atom stereocenters. The lowest BCUT2D eigenvalue weighted by atomic mass is 9.80. The molecule has 13 heavy (non-hydrogen) atoms. The molecule has 1 amide bonds. The number of hydrogen-bond acceptors (Lipinski definition) is 3. The number of primary amides is 1. The number of carbonyl (C=O) groups excluding carboxylic acids is 1. The van der Waals surface area contributed by atoms with Crippen LogP contribution in [0.2, 0.25) is 0 Å². The van der Waals surface area contributed by atoms with Gasteiger partial charge in [-0.2, -0.15) is 0 Å². The summed E-state index contributed by atoms with van der Waals surface area (Å²) in [4.78, 5) is 11.4. The highest BCUT2D eigenvalue weighted by Crippen LogP contribution is 2.32. The van der Waals surface area contributed by atoms with E-state index in [1.165, 1.54) is 0 Å². The van der Waals surface area contributed by atoms with Gasteiger partial charge in [-0.3, -0.25) is 4.79 Å². The van der Waals surface area contributed by atoms with Crippen LogP contribution in [0.1, 0.15) is 26.7 Å². The van der Waals surface area contributed by atoms with Crippen LogP contribution in [0.15, 0.2) is 0 Å². The summed E-state index contributed by atoms with van der Waals surface area (Å²) in [7, 11) is 1.60. The normalized spacial score (nSPS) is 29.2. The largest absolute Gasteiger partial charge is 0.376 e. The summed E-state index contributed by atoms with van der Waals surface area (Å²) < 4.78 is 5.32. The van der Waals surface area contributed by atoms with Gasteiger partial charge in [0.1, 0.15) is 5.54 Å². The summed E-state index contributed by atoms with van der Waals surface area (Å²) in [6, 6.07) is 0. The lowest BCUT2D eigenvalue weighted by Crippen LogP contribution is -2.65. The van der Waals surface area contributed by atoms with E-state index in [-0.39, 0.29) is 5.91 Å². The fourth-order valence-corrected chi connectivity index (χ4v) is 1.94. The van der Waals surface area contributed by atoms with Gasteiger partial charge in [0, 0.05) is 7.11 Å². The number of nitrogens with two attached hydrogens (primary N) is 1. The number of ether oxygens (including phenoxy) is 1. The number of hydrogen-bond donors (Lipinski definition) is 2. The van der Waals surface area contributed by atoms with Crippen LogP contribution in [-0.2, 0) is 9.53 Å². The van der Waals surface area contributed by atoms with Crippen molar-refractivity contribution in [3.05, 3.63) is 0 Å². The Kier molecular flexibility index (Phi) is 2.63. The molecule has 1 aliphatic rings. The first kappa shape index (κ1) is 10.5. The second-order valence-corrected chi connectivity index (χ2v) is 4.01. The van der Waals surface area contributed by atoms with Crippen LogP contribution in [0, 0.1) is 0 Å². The van der Waals surface area contributed by atoms with Crippen molar-refractivity contribution in [3.63, 3.8) is 0 Å². The smallest absolute Gasteiger partial charge is 0.240 e. The minimum absolute atomic E-state index is 0.322. The molecule has 0 aliphatic carbocycles. The first-order chi connectivity index (χ1) is 5.96. The highest BCUT2D eigenvalue weighted by atomic mass is 16.5. The summed E-state index contributed by atoms with van der Waals surface area (Å²) in [6.07, 6.45) is 1.72. The molecule has 0 aromatic heterocycles. The van der Waals surface area contributed by atoms with E-state index in [1.54, 1.807) is 7.11 Å². The van der Waals surface area contributed by atoms with Gasteiger partial charge in [-0.15, -0.1) is 0 Å². The second-order valence-electron chi connectivity index (χ2n) is 4.01. The minimum Gasteiger partial charge on any atom is -0.376 e. The van der Waals surface area contributed by atoms with Gasteiger partial charge in [-0.1, -0.05) is 0 Å². The molecule has 1 saturated heterocycles. The van der Waals surface area contributed by atoms with Gasteiger partial charge >= 0.3 is 0 Å². The van der Waals surface area contributed by atoms with Crippen molar-refractivity contribution >= 4 is 5.91 Å². The van der Waals surface area contributed by atoms with Crippen LogP contribution in [-0.4, -0.2) is 30.7 Å². The van der Waals surface area contributed by atoms with Crippen molar-refractivity contribution in [2.45, 2.75) is 37.8 Å². The molecule has 1 rings (SSSR count). The molecule has 0 radical (unpaired) electrons. The molecule has 1 heterocycles. The number of rotatable bonds is 3. The molecule has 1 aliphatic heterocycles. The predicted molar refractivity (Wildman–Crippen MR) is 50.3 cm³/mol. The molecule has 0 spiro atoms. The van der Waals surface area contributed by atoms with E-state index in [1.807, 2.05) is 13.8 Å². The average Bonchev–Trinajstić information content (AvgIpc) is 2.53. The lowest BCUT2D eigenvalue weighted by molar-refractivity contribution is -0.136. The standard InChI is InChI=1S/C9H18N2O2/c1-8(2,13-3)9(7(10)12)5-4-6-11-9/h11H,4-6H2,1-3H3,(H2,10,12)/t9-/m1/s1. The maximum atomic E-state index is 11.4. The first-order valence-electron chi connectivity index (χ1n) is 4.56. The van der Waals surface area contributed by atoms with E-state index >= 15 is 0 Å². The zero-order chi connectivity index (χ0) is 10.1. The van der Waals surface area contributed by atoms with Crippen molar-refractivity contribution in [2.75, 3.05) is 13.7 Å². The molecule has 0 unspecified atom stereocenters. The summed E-state index contributed by atoms with van der Waals surface area (Å²) >= 11 is 0. The summed E-state index contributed by atoms with van der Waals surface area (Å²) in [5, 5.41) is 3.16. The van der Waals surface area contributed by atoms with Gasteiger partial charge in [0.15, 0.2) is 0 Å². The van der Waals surface area contributed by atoms with Gasteiger partial charge in [0.05, 0.1) is 5.60 Å². The van der Waals surface area contributed by atoms with Crippen molar-refractivity contribution in [3.8, 4) is 0 Å². The Hall–Kier alpha value is -0.610. The van der Waals surface area contributed by atoms with Gasteiger partial charge in [0.25, 0.3) is 0 Å². The highest BCUT2D eigenvalue weighted by molar-refractivity contribution is 5.86. The van der Waals surface area contributed by atoms with Crippen LogP contribution in [0.4, 0.5) is 0 Å². The predicted octanol–water partition coefficient (Wildman–Crippen LogP) is 0.0189. The van der Waals surface area contributed by atoms with Crippen LogP contribution in [0.3, 0.4) is 0 Å². The van der Waals surface area contributed by atoms with E-state index in [4.69, 9.17) is 10.5 Å². The topological polar surface area (TPSA) is 64.3 Å². The number of methoxy groups -OCH3 is 1. The molecule has 0 aromatic carbocycles. The molecule has 4 nitrogen and oxygen atoms in total. The molecule has 0 aromatic rings. The number of amides is 1. The van der Waals surface area contributed by atoms with E-state index < -0.39 is 11.1 Å². The summed E-state index contributed by atoms with van der Waals surface area (Å²) in [6.45, 7) is 4.60. The third-order valence-corrected chi connectivity index (χ3v) is 3.11. The second kappa shape index (κ2) is 3.27. The van der Waals surface area contributed by atoms with E-state index in [0.717, 1.165) is 19.4 Å². The zero-order valence-electron chi connectivity index (χ0n) is 8.52. The van der Waals surface area contributed by atoms with Crippen LogP contribution >= 0.6 is 0 Å². The van der Waals surface area contributed by atoms with Crippen molar-refractivity contribution in [2.24, 2.45) is 5.73 Å². The Morgan fingerprint density at radius 3 is 2.54 bits per heavy atom. The molecule has 3 N–H and O–H groups in total. The fourth-order valence-electron chi connectivity index (χ4n) is 1.94. The van der Waals surface area contributed by atoms with Gasteiger partial charge in [0.2, 0.25) is 5.91 Å². The number of carbonyl (C=O) groups is 1. The molecule has 1 fully saturated rings. The number of nitrogens with one attached hydrogen (secondary N) is 1. The van der Waals surface area contributed by atoms with Crippen LogP contribution < -0.4 is 11.1 Å². The molecular weight excluding hydrogens is 168 g/mol. The Labute approximate surface area is 78.8 Å². The summed E-state index contributed by atoms with van der Waals surface area (Å²) in [5.41, 5.74) is 4.17. The van der Waals surface area contributed by atoms with E-state index in [9.17, 15) is 4.79 Å². The van der Waals surface area contributed by atoms with Crippen LogP contribution in [0.5, 0.6) is 0 Å². The quantitative estimate of drug-likeness (QED) is 0.653. The fraction of sp³-hybridized carbons (Fsp3) is 0.889. The van der Waals surface area contributed by atoms with Crippen molar-refractivity contribution in [1.82, 2.24) is 5.32 Å². The summed E-state index contributed by atoms with van der Waals surface area (Å²) in [5.74, 6) is -0.322. The third kappa shape index (κ3) is 1.44. The lowest BCUT2D eigenvalue weighted by Gasteiger charge is -2.40. The van der Waals surface area contributed by atoms with Gasteiger partial charge < -0.3 is 15.8 Å². The maximum absolute atomic E-state index is 11.4. The Morgan fingerprint density at radius 1 is 1.62 bits per heavy atom. The minimum atomic E-state index is -0.693. The average molecular weight is 186 g/mol. The molecule has 4 heteroatoms. The zero-order valence-corrected chi connectivity index (χ0v) is 8.52.